The number of ether oxygens (including phenoxy) is 1. The second-order valence-corrected chi connectivity index (χ2v) is 4.03. The summed E-state index contributed by atoms with van der Waals surface area (Å²) in [6.45, 7) is 11.6. The molecule has 0 aromatic rings. The fourth-order valence-electron chi connectivity index (χ4n) is 1.16. The molecule has 0 bridgehead atoms. The van der Waals surface area contributed by atoms with Crippen molar-refractivity contribution in [1.82, 2.24) is 10.6 Å². The van der Waals surface area contributed by atoms with Crippen LogP contribution in [-0.4, -0.2) is 38.3 Å². The van der Waals surface area contributed by atoms with Crippen LogP contribution in [0.1, 0.15) is 40.5 Å². The van der Waals surface area contributed by atoms with Gasteiger partial charge in [0.1, 0.15) is 0 Å². The Bertz CT molecular complexity index is 181. The van der Waals surface area contributed by atoms with Crippen LogP contribution in [0.3, 0.4) is 0 Å². The zero-order chi connectivity index (χ0) is 12.2. The van der Waals surface area contributed by atoms with Gasteiger partial charge in [0.05, 0.1) is 13.2 Å². The van der Waals surface area contributed by atoms with Crippen molar-refractivity contribution in [2.45, 2.75) is 46.6 Å². The van der Waals surface area contributed by atoms with Crippen LogP contribution in [0, 0.1) is 0 Å². The Morgan fingerprint density at radius 2 is 2.00 bits per heavy atom. The van der Waals surface area contributed by atoms with E-state index < -0.39 is 0 Å². The molecule has 0 rings (SSSR count). The molecule has 0 aliphatic rings. The number of rotatable bonds is 8. The zero-order valence-electron chi connectivity index (χ0n) is 11.2. The van der Waals surface area contributed by atoms with Gasteiger partial charge in [-0.25, -0.2) is 0 Å². The van der Waals surface area contributed by atoms with Crippen LogP contribution in [0.25, 0.3) is 0 Å². The molecule has 0 radical (unpaired) electrons. The number of unbranched alkanes of at least 4 members (excludes halogenated alkanes) is 1. The number of aliphatic imine (C=N–C) groups is 1. The maximum Gasteiger partial charge on any atom is 0.191 e. The van der Waals surface area contributed by atoms with Crippen molar-refractivity contribution in [1.29, 1.82) is 0 Å². The maximum absolute atomic E-state index is 5.44. The van der Waals surface area contributed by atoms with Gasteiger partial charge in [0.25, 0.3) is 0 Å². The van der Waals surface area contributed by atoms with E-state index in [-0.39, 0.29) is 0 Å². The first-order valence-electron chi connectivity index (χ1n) is 6.33. The summed E-state index contributed by atoms with van der Waals surface area (Å²) in [6.07, 6.45) is 2.31. The van der Waals surface area contributed by atoms with Gasteiger partial charge >= 0.3 is 0 Å². The fraction of sp³-hybridized carbons (Fsp3) is 0.917. The minimum absolute atomic E-state index is 0.402. The minimum Gasteiger partial charge on any atom is -0.380 e. The first-order chi connectivity index (χ1) is 7.70. The Labute approximate surface area is 99.9 Å². The highest BCUT2D eigenvalue weighted by molar-refractivity contribution is 5.79. The summed E-state index contributed by atoms with van der Waals surface area (Å²) in [5.74, 6) is 0.872. The van der Waals surface area contributed by atoms with Crippen molar-refractivity contribution < 1.29 is 4.74 Å². The summed E-state index contributed by atoms with van der Waals surface area (Å²) in [5.41, 5.74) is 0. The Kier molecular flexibility index (Phi) is 10.2. The van der Waals surface area contributed by atoms with Gasteiger partial charge in [0.15, 0.2) is 5.96 Å². The molecule has 16 heavy (non-hydrogen) atoms. The third-order valence-corrected chi connectivity index (χ3v) is 1.92. The van der Waals surface area contributed by atoms with E-state index in [1.165, 1.54) is 6.42 Å². The first kappa shape index (κ1) is 15.2. The van der Waals surface area contributed by atoms with E-state index in [1.807, 2.05) is 0 Å². The molecule has 4 heteroatoms. The maximum atomic E-state index is 5.44. The van der Waals surface area contributed by atoms with Crippen LogP contribution in [0.15, 0.2) is 4.99 Å². The van der Waals surface area contributed by atoms with E-state index in [9.17, 15) is 0 Å². The lowest BCUT2D eigenvalue weighted by Gasteiger charge is -2.13. The van der Waals surface area contributed by atoms with E-state index >= 15 is 0 Å². The molecule has 0 aromatic heterocycles. The Morgan fingerprint density at radius 1 is 1.25 bits per heavy atom. The summed E-state index contributed by atoms with van der Waals surface area (Å²) in [5, 5.41) is 6.47. The monoisotopic (exact) mass is 229 g/mol. The molecule has 0 heterocycles. The summed E-state index contributed by atoms with van der Waals surface area (Å²) in [4.78, 5) is 4.42. The number of nitrogens with one attached hydrogen (secondary N) is 2. The first-order valence-corrected chi connectivity index (χ1v) is 6.33. The van der Waals surface area contributed by atoms with Crippen molar-refractivity contribution in [2.24, 2.45) is 4.99 Å². The van der Waals surface area contributed by atoms with E-state index in [2.05, 4.69) is 43.3 Å². The molecule has 4 nitrogen and oxygen atoms in total. The molecule has 0 unspecified atom stereocenters. The largest absolute Gasteiger partial charge is 0.380 e. The van der Waals surface area contributed by atoms with Gasteiger partial charge in [-0.05, 0) is 27.2 Å². The molecule has 0 aromatic carbocycles. The summed E-state index contributed by atoms with van der Waals surface area (Å²) < 4.78 is 5.44. The molecule has 0 spiro atoms. The van der Waals surface area contributed by atoms with Gasteiger partial charge in [0, 0.05) is 19.2 Å². The molecular weight excluding hydrogens is 202 g/mol. The van der Waals surface area contributed by atoms with Crippen LogP contribution in [-0.2, 0) is 4.74 Å². The lowest BCUT2D eigenvalue weighted by molar-refractivity contribution is 0.139. The van der Waals surface area contributed by atoms with Crippen LogP contribution in [0.5, 0.6) is 0 Å². The Hall–Kier alpha value is -0.770. The Morgan fingerprint density at radius 3 is 2.56 bits per heavy atom. The van der Waals surface area contributed by atoms with Crippen LogP contribution >= 0.6 is 0 Å². The fourth-order valence-corrected chi connectivity index (χ4v) is 1.16. The molecule has 0 atom stereocenters. The van der Waals surface area contributed by atoms with Crippen molar-refractivity contribution in [3.63, 3.8) is 0 Å². The predicted octanol–water partition coefficient (Wildman–Crippen LogP) is 1.77. The average Bonchev–Trinajstić information content (AvgIpc) is 2.22. The van der Waals surface area contributed by atoms with Crippen LogP contribution < -0.4 is 10.6 Å². The topological polar surface area (TPSA) is 45.6 Å². The Balaban J connectivity index is 3.67. The SMILES string of the molecule is CCCCOCCN=C(NCC)NC(C)C. The van der Waals surface area contributed by atoms with Crippen LogP contribution in [0.2, 0.25) is 0 Å². The van der Waals surface area contributed by atoms with Crippen LogP contribution in [0.4, 0.5) is 0 Å². The summed E-state index contributed by atoms with van der Waals surface area (Å²) >= 11 is 0. The number of guanidine groups is 1. The van der Waals surface area contributed by atoms with Crippen molar-refractivity contribution >= 4 is 5.96 Å². The van der Waals surface area contributed by atoms with E-state index in [0.29, 0.717) is 19.2 Å². The van der Waals surface area contributed by atoms with E-state index in [4.69, 9.17) is 4.74 Å². The zero-order valence-corrected chi connectivity index (χ0v) is 11.2. The van der Waals surface area contributed by atoms with E-state index in [1.54, 1.807) is 0 Å². The van der Waals surface area contributed by atoms with Gasteiger partial charge in [0.2, 0.25) is 0 Å². The van der Waals surface area contributed by atoms with E-state index in [0.717, 1.165) is 25.5 Å². The van der Waals surface area contributed by atoms with Gasteiger partial charge < -0.3 is 15.4 Å². The highest BCUT2D eigenvalue weighted by Crippen LogP contribution is 1.87. The molecule has 0 saturated carbocycles. The molecule has 0 saturated heterocycles. The lowest BCUT2D eigenvalue weighted by atomic mass is 10.4. The van der Waals surface area contributed by atoms with Gasteiger partial charge in [-0.15, -0.1) is 0 Å². The standard InChI is InChI=1S/C12H27N3O/c1-5-7-9-16-10-8-14-12(13-6-2)15-11(3)4/h11H,5-10H2,1-4H3,(H2,13,14,15). The normalized spacial score (nSPS) is 11.9. The quantitative estimate of drug-likeness (QED) is 0.379. The summed E-state index contributed by atoms with van der Waals surface area (Å²) in [6, 6.07) is 0.402. The molecule has 0 aliphatic carbocycles. The third-order valence-electron chi connectivity index (χ3n) is 1.92. The molecular formula is C12H27N3O. The van der Waals surface area contributed by atoms with Crippen molar-refractivity contribution in [3.05, 3.63) is 0 Å². The summed E-state index contributed by atoms with van der Waals surface area (Å²) in [7, 11) is 0. The number of hydrogen-bond acceptors (Lipinski definition) is 2. The van der Waals surface area contributed by atoms with Gasteiger partial charge in [-0.3, -0.25) is 4.99 Å². The highest BCUT2D eigenvalue weighted by atomic mass is 16.5. The van der Waals surface area contributed by atoms with Gasteiger partial charge in [-0.2, -0.15) is 0 Å². The highest BCUT2D eigenvalue weighted by Gasteiger charge is 1.98. The van der Waals surface area contributed by atoms with Crippen molar-refractivity contribution in [2.75, 3.05) is 26.3 Å². The number of hydrogen-bond donors (Lipinski definition) is 2. The molecule has 0 amide bonds. The molecule has 0 fully saturated rings. The molecule has 0 aliphatic heterocycles. The number of nitrogens with zero attached hydrogens (tertiary/aromatic N) is 1. The predicted molar refractivity (Wildman–Crippen MR) is 70.0 cm³/mol. The van der Waals surface area contributed by atoms with Gasteiger partial charge in [-0.1, -0.05) is 13.3 Å². The second kappa shape index (κ2) is 10.7. The second-order valence-electron chi connectivity index (χ2n) is 4.03. The molecule has 96 valence electrons. The minimum atomic E-state index is 0.402. The average molecular weight is 229 g/mol. The molecule has 2 N–H and O–H groups in total. The smallest absolute Gasteiger partial charge is 0.191 e. The van der Waals surface area contributed by atoms with Crippen molar-refractivity contribution in [3.8, 4) is 0 Å². The third kappa shape index (κ3) is 9.77. The lowest BCUT2D eigenvalue weighted by Crippen LogP contribution is -2.41.